The number of hydrogen-bond donors (Lipinski definition) is 0. The molecule has 1 aromatic rings. The number of alkyl halides is 1. The molecule has 0 N–H and O–H groups in total. The number of fused-ring (bicyclic) bond motifs is 1. The molecule has 0 fully saturated rings. The Labute approximate surface area is 118 Å². The molecule has 1 aromatic carbocycles. The van der Waals surface area contributed by atoms with Crippen LogP contribution in [0.4, 0.5) is 15.8 Å². The number of nitrogens with zero attached hydrogens (tertiary/aromatic N) is 2. The van der Waals surface area contributed by atoms with Crippen LogP contribution in [0, 0.1) is 11.8 Å². The predicted molar refractivity (Wildman–Crippen MR) is 76.5 cm³/mol. The first kappa shape index (κ1) is 14.5. The Morgan fingerprint density at radius 1 is 1.35 bits per heavy atom. The maximum Gasteiger partial charge on any atom is 0.258 e. The molecule has 0 spiro atoms. The van der Waals surface area contributed by atoms with E-state index >= 15 is 0 Å². The third-order valence-corrected chi connectivity index (χ3v) is 3.78. The number of hydrogen-bond acceptors (Lipinski definition) is 2. The Morgan fingerprint density at radius 2 is 1.95 bits per heavy atom. The molecular weight excluding hydrogens is 259 g/mol. The summed E-state index contributed by atoms with van der Waals surface area (Å²) in [6, 6.07) is 7.10. The summed E-state index contributed by atoms with van der Waals surface area (Å²) in [7, 11) is 1.69. The van der Waals surface area contributed by atoms with Crippen molar-refractivity contribution in [2.75, 3.05) is 30.1 Å². The van der Waals surface area contributed by atoms with Crippen molar-refractivity contribution < 1.29 is 14.0 Å². The standard InChI is InChI=1S/C15H19FN2O2/c1-10(2)11-9-18(14(19)8-16)13-7-5-4-6-12(13)17(3)15(11)20/h4-7,10-11H,8-9H2,1-3H3/t11-/m1/s1. The molecule has 2 amide bonds. The van der Waals surface area contributed by atoms with Crippen LogP contribution in [0.5, 0.6) is 0 Å². The van der Waals surface area contributed by atoms with Crippen LogP contribution in [0.2, 0.25) is 0 Å². The van der Waals surface area contributed by atoms with E-state index in [4.69, 9.17) is 0 Å². The van der Waals surface area contributed by atoms with Gasteiger partial charge in [0, 0.05) is 13.6 Å². The largest absolute Gasteiger partial charge is 0.313 e. The zero-order valence-corrected chi connectivity index (χ0v) is 12.0. The predicted octanol–water partition coefficient (Wildman–Crippen LogP) is 2.24. The fourth-order valence-electron chi connectivity index (χ4n) is 2.52. The Bertz CT molecular complexity index is 530. The van der Waals surface area contributed by atoms with Crippen LogP contribution in [-0.2, 0) is 9.59 Å². The van der Waals surface area contributed by atoms with Crippen LogP contribution in [0.25, 0.3) is 0 Å². The van der Waals surface area contributed by atoms with Gasteiger partial charge in [0.2, 0.25) is 5.91 Å². The Hall–Kier alpha value is -1.91. The zero-order valence-electron chi connectivity index (χ0n) is 12.0. The highest BCUT2D eigenvalue weighted by molar-refractivity contribution is 6.05. The smallest absolute Gasteiger partial charge is 0.258 e. The monoisotopic (exact) mass is 278 g/mol. The van der Waals surface area contributed by atoms with E-state index in [-0.39, 0.29) is 24.3 Å². The van der Waals surface area contributed by atoms with Gasteiger partial charge >= 0.3 is 0 Å². The molecular formula is C15H19FN2O2. The Morgan fingerprint density at radius 3 is 2.50 bits per heavy atom. The maximum absolute atomic E-state index is 12.8. The molecule has 0 unspecified atom stereocenters. The minimum absolute atomic E-state index is 0.0402. The summed E-state index contributed by atoms with van der Waals surface area (Å²) < 4.78 is 12.8. The topological polar surface area (TPSA) is 40.6 Å². The summed E-state index contributed by atoms with van der Waals surface area (Å²) in [6.07, 6.45) is 0. The molecule has 108 valence electrons. The highest BCUT2D eigenvalue weighted by Crippen LogP contribution is 2.34. The number of rotatable bonds is 2. The van der Waals surface area contributed by atoms with Crippen LogP contribution < -0.4 is 9.80 Å². The average molecular weight is 278 g/mol. The molecule has 20 heavy (non-hydrogen) atoms. The maximum atomic E-state index is 12.8. The lowest BCUT2D eigenvalue weighted by Gasteiger charge is -2.25. The highest BCUT2D eigenvalue weighted by Gasteiger charge is 2.35. The zero-order chi connectivity index (χ0) is 14.9. The van der Waals surface area contributed by atoms with Crippen molar-refractivity contribution in [3.05, 3.63) is 24.3 Å². The van der Waals surface area contributed by atoms with Crippen molar-refractivity contribution in [2.24, 2.45) is 11.8 Å². The minimum Gasteiger partial charge on any atom is -0.313 e. The highest BCUT2D eigenvalue weighted by atomic mass is 19.1. The lowest BCUT2D eigenvalue weighted by atomic mass is 9.94. The molecule has 1 aliphatic rings. The molecule has 0 saturated heterocycles. The number of benzene rings is 1. The van der Waals surface area contributed by atoms with Crippen LogP contribution in [0.15, 0.2) is 24.3 Å². The second-order valence-corrected chi connectivity index (χ2v) is 5.37. The number of halogens is 1. The minimum atomic E-state index is -1.06. The fraction of sp³-hybridized carbons (Fsp3) is 0.467. The molecule has 0 radical (unpaired) electrons. The van der Waals surface area contributed by atoms with E-state index in [1.807, 2.05) is 13.8 Å². The number of carbonyl (C=O) groups is 2. The van der Waals surface area contributed by atoms with Crippen molar-refractivity contribution in [3.63, 3.8) is 0 Å². The van der Waals surface area contributed by atoms with Crippen LogP contribution in [-0.4, -0.2) is 32.1 Å². The second-order valence-electron chi connectivity index (χ2n) is 5.37. The SMILES string of the molecule is CC(C)[C@H]1CN(C(=O)CF)c2ccccc2N(C)C1=O. The van der Waals surface area contributed by atoms with Gasteiger partial charge in [-0.25, -0.2) is 4.39 Å². The normalized spacial score (nSPS) is 19.1. The van der Waals surface area contributed by atoms with Crippen LogP contribution >= 0.6 is 0 Å². The third kappa shape index (κ3) is 2.40. The summed E-state index contributed by atoms with van der Waals surface area (Å²) in [5.74, 6) is -0.898. The quantitative estimate of drug-likeness (QED) is 0.832. The first-order valence-electron chi connectivity index (χ1n) is 6.70. The second kappa shape index (κ2) is 5.61. The summed E-state index contributed by atoms with van der Waals surface area (Å²) in [5, 5.41) is 0. The first-order valence-corrected chi connectivity index (χ1v) is 6.70. The molecule has 1 atom stereocenters. The van der Waals surface area contributed by atoms with E-state index < -0.39 is 12.6 Å². The first-order chi connectivity index (χ1) is 9.47. The number of anilines is 2. The number of amides is 2. The lowest BCUT2D eigenvalue weighted by Crippen LogP contribution is -2.41. The summed E-state index contributed by atoms with van der Waals surface area (Å²) in [5.41, 5.74) is 1.23. The van der Waals surface area contributed by atoms with Gasteiger partial charge in [0.25, 0.3) is 5.91 Å². The van der Waals surface area contributed by atoms with Gasteiger partial charge in [-0.2, -0.15) is 0 Å². The molecule has 0 saturated carbocycles. The van der Waals surface area contributed by atoms with E-state index in [1.54, 1.807) is 36.2 Å². The van der Waals surface area contributed by atoms with E-state index in [9.17, 15) is 14.0 Å². The van der Waals surface area contributed by atoms with E-state index in [2.05, 4.69) is 0 Å². The van der Waals surface area contributed by atoms with E-state index in [0.717, 1.165) is 0 Å². The van der Waals surface area contributed by atoms with Gasteiger partial charge < -0.3 is 9.80 Å². The van der Waals surface area contributed by atoms with E-state index in [0.29, 0.717) is 11.4 Å². The van der Waals surface area contributed by atoms with Crippen molar-refractivity contribution in [2.45, 2.75) is 13.8 Å². The molecule has 0 aliphatic carbocycles. The van der Waals surface area contributed by atoms with Gasteiger partial charge in [0.15, 0.2) is 6.67 Å². The van der Waals surface area contributed by atoms with Gasteiger partial charge in [-0.1, -0.05) is 26.0 Å². The van der Waals surface area contributed by atoms with Crippen molar-refractivity contribution in [1.29, 1.82) is 0 Å². The Balaban J connectivity index is 2.54. The molecule has 2 rings (SSSR count). The molecule has 5 heteroatoms. The fourth-order valence-corrected chi connectivity index (χ4v) is 2.52. The van der Waals surface area contributed by atoms with Gasteiger partial charge in [-0.15, -0.1) is 0 Å². The lowest BCUT2D eigenvalue weighted by molar-refractivity contribution is -0.123. The van der Waals surface area contributed by atoms with Gasteiger partial charge in [0.05, 0.1) is 17.3 Å². The number of para-hydroxylation sites is 2. The van der Waals surface area contributed by atoms with Gasteiger partial charge in [-0.3, -0.25) is 9.59 Å². The van der Waals surface area contributed by atoms with Crippen molar-refractivity contribution in [1.82, 2.24) is 0 Å². The average Bonchev–Trinajstić information content (AvgIpc) is 2.56. The van der Waals surface area contributed by atoms with Crippen molar-refractivity contribution in [3.8, 4) is 0 Å². The van der Waals surface area contributed by atoms with E-state index in [1.165, 1.54) is 4.90 Å². The third-order valence-electron chi connectivity index (χ3n) is 3.78. The molecule has 0 aromatic heterocycles. The van der Waals surface area contributed by atoms with Crippen LogP contribution in [0.3, 0.4) is 0 Å². The van der Waals surface area contributed by atoms with Crippen molar-refractivity contribution >= 4 is 23.2 Å². The Kier molecular flexibility index (Phi) is 4.06. The van der Waals surface area contributed by atoms with Gasteiger partial charge in [-0.05, 0) is 18.1 Å². The van der Waals surface area contributed by atoms with Crippen LogP contribution in [0.1, 0.15) is 13.8 Å². The molecule has 4 nitrogen and oxygen atoms in total. The summed E-state index contributed by atoms with van der Waals surface area (Å²) >= 11 is 0. The van der Waals surface area contributed by atoms with Gasteiger partial charge in [0.1, 0.15) is 0 Å². The molecule has 1 heterocycles. The molecule has 0 bridgehead atoms. The molecule has 1 aliphatic heterocycles. The number of carbonyl (C=O) groups excluding carboxylic acids is 2. The summed E-state index contributed by atoms with van der Waals surface area (Å²) in [6.45, 7) is 3.03. The summed E-state index contributed by atoms with van der Waals surface area (Å²) in [4.78, 5) is 27.3.